The van der Waals surface area contributed by atoms with Crippen molar-refractivity contribution >= 4 is 10.8 Å². The molecule has 0 bridgehead atoms. The first-order valence-corrected chi connectivity index (χ1v) is 7.88. The molecule has 2 aromatic carbocycles. The van der Waals surface area contributed by atoms with Crippen LogP contribution in [0.3, 0.4) is 0 Å². The van der Waals surface area contributed by atoms with Gasteiger partial charge in [-0.2, -0.15) is 0 Å². The summed E-state index contributed by atoms with van der Waals surface area (Å²) in [7, 11) is 0. The SMILES string of the molecule is C[C@@H](N)c1ccc2ccccc2c1OCCN1CCCC1. The number of ether oxygens (including phenoxy) is 1. The van der Waals surface area contributed by atoms with E-state index in [9.17, 15) is 0 Å². The van der Waals surface area contributed by atoms with E-state index in [-0.39, 0.29) is 6.04 Å². The molecule has 0 aliphatic carbocycles. The third kappa shape index (κ3) is 3.20. The molecule has 0 amide bonds. The Morgan fingerprint density at radius 1 is 1.14 bits per heavy atom. The second kappa shape index (κ2) is 6.46. The molecule has 0 saturated carbocycles. The Morgan fingerprint density at radius 3 is 2.67 bits per heavy atom. The van der Waals surface area contributed by atoms with E-state index in [1.807, 2.05) is 6.92 Å². The summed E-state index contributed by atoms with van der Waals surface area (Å²) in [6, 6.07) is 12.6. The van der Waals surface area contributed by atoms with Crippen LogP contribution >= 0.6 is 0 Å². The van der Waals surface area contributed by atoms with Gasteiger partial charge in [0.05, 0.1) is 0 Å². The van der Waals surface area contributed by atoms with Crippen LogP contribution in [0, 0.1) is 0 Å². The van der Waals surface area contributed by atoms with Gasteiger partial charge >= 0.3 is 0 Å². The first kappa shape index (κ1) is 14.4. The molecule has 2 N–H and O–H groups in total. The van der Waals surface area contributed by atoms with Crippen LogP contribution in [0.15, 0.2) is 36.4 Å². The van der Waals surface area contributed by atoms with Gasteiger partial charge in [-0.1, -0.05) is 36.4 Å². The molecule has 1 saturated heterocycles. The van der Waals surface area contributed by atoms with E-state index < -0.39 is 0 Å². The van der Waals surface area contributed by atoms with Crippen LogP contribution in [0.4, 0.5) is 0 Å². The number of likely N-dealkylation sites (tertiary alicyclic amines) is 1. The average Bonchev–Trinajstić information content (AvgIpc) is 3.00. The van der Waals surface area contributed by atoms with Crippen LogP contribution < -0.4 is 10.5 Å². The van der Waals surface area contributed by atoms with E-state index >= 15 is 0 Å². The number of hydrogen-bond acceptors (Lipinski definition) is 3. The molecule has 1 aliphatic heterocycles. The fourth-order valence-electron chi connectivity index (χ4n) is 3.06. The van der Waals surface area contributed by atoms with Crippen molar-refractivity contribution in [3.8, 4) is 5.75 Å². The number of rotatable bonds is 5. The molecule has 0 radical (unpaired) electrons. The fourth-order valence-corrected chi connectivity index (χ4v) is 3.06. The Hall–Kier alpha value is -1.58. The monoisotopic (exact) mass is 284 g/mol. The van der Waals surface area contributed by atoms with Gasteiger partial charge in [0.15, 0.2) is 0 Å². The number of hydrogen-bond donors (Lipinski definition) is 1. The zero-order valence-corrected chi connectivity index (χ0v) is 12.7. The Labute approximate surface area is 126 Å². The molecule has 3 rings (SSSR count). The summed E-state index contributed by atoms with van der Waals surface area (Å²) in [5.41, 5.74) is 7.20. The maximum atomic E-state index is 6.15. The molecule has 1 atom stereocenters. The topological polar surface area (TPSA) is 38.5 Å². The van der Waals surface area contributed by atoms with Crippen molar-refractivity contribution < 1.29 is 4.74 Å². The van der Waals surface area contributed by atoms with E-state index in [2.05, 4.69) is 41.3 Å². The van der Waals surface area contributed by atoms with E-state index in [0.717, 1.165) is 29.9 Å². The van der Waals surface area contributed by atoms with E-state index in [1.54, 1.807) is 0 Å². The fraction of sp³-hybridized carbons (Fsp3) is 0.444. The zero-order chi connectivity index (χ0) is 14.7. The number of fused-ring (bicyclic) bond motifs is 1. The molecule has 0 unspecified atom stereocenters. The van der Waals surface area contributed by atoms with E-state index in [0.29, 0.717) is 0 Å². The summed E-state index contributed by atoms with van der Waals surface area (Å²) in [6.45, 7) is 6.16. The summed E-state index contributed by atoms with van der Waals surface area (Å²) in [4.78, 5) is 2.47. The molecule has 1 heterocycles. The molecular weight excluding hydrogens is 260 g/mol. The molecule has 112 valence electrons. The van der Waals surface area contributed by atoms with Gasteiger partial charge in [0.2, 0.25) is 0 Å². The predicted molar refractivity (Wildman–Crippen MR) is 87.7 cm³/mol. The summed E-state index contributed by atoms with van der Waals surface area (Å²) in [5.74, 6) is 0.960. The van der Waals surface area contributed by atoms with Gasteiger partial charge in [0, 0.05) is 23.5 Å². The van der Waals surface area contributed by atoms with Gasteiger partial charge in [0.25, 0.3) is 0 Å². The minimum Gasteiger partial charge on any atom is -0.491 e. The lowest BCUT2D eigenvalue weighted by atomic mass is 10.0. The van der Waals surface area contributed by atoms with Crippen LogP contribution in [0.1, 0.15) is 31.4 Å². The van der Waals surface area contributed by atoms with Crippen molar-refractivity contribution in [2.75, 3.05) is 26.2 Å². The number of nitrogens with zero attached hydrogens (tertiary/aromatic N) is 1. The Kier molecular flexibility index (Phi) is 4.42. The first-order chi connectivity index (χ1) is 10.3. The van der Waals surface area contributed by atoms with Crippen molar-refractivity contribution in [3.05, 3.63) is 42.0 Å². The molecule has 2 aromatic rings. The minimum atomic E-state index is -0.0172. The van der Waals surface area contributed by atoms with E-state index in [4.69, 9.17) is 10.5 Å². The summed E-state index contributed by atoms with van der Waals surface area (Å²) < 4.78 is 6.15. The summed E-state index contributed by atoms with van der Waals surface area (Å²) >= 11 is 0. The van der Waals surface area contributed by atoms with Crippen molar-refractivity contribution in [2.45, 2.75) is 25.8 Å². The predicted octanol–water partition coefficient (Wildman–Crippen LogP) is 3.33. The molecule has 3 nitrogen and oxygen atoms in total. The highest BCUT2D eigenvalue weighted by molar-refractivity contribution is 5.89. The second-order valence-corrected chi connectivity index (χ2v) is 5.89. The third-order valence-electron chi connectivity index (χ3n) is 4.25. The molecule has 0 aromatic heterocycles. The second-order valence-electron chi connectivity index (χ2n) is 5.89. The van der Waals surface area contributed by atoms with Crippen LogP contribution in [0.2, 0.25) is 0 Å². The maximum absolute atomic E-state index is 6.15. The van der Waals surface area contributed by atoms with Crippen molar-refractivity contribution in [1.29, 1.82) is 0 Å². The first-order valence-electron chi connectivity index (χ1n) is 7.88. The van der Waals surface area contributed by atoms with Crippen LogP contribution in [-0.4, -0.2) is 31.1 Å². The molecule has 3 heteroatoms. The molecule has 21 heavy (non-hydrogen) atoms. The normalized spacial score (nSPS) is 17.2. The van der Waals surface area contributed by atoms with Crippen LogP contribution in [-0.2, 0) is 0 Å². The minimum absolute atomic E-state index is 0.0172. The highest BCUT2D eigenvalue weighted by atomic mass is 16.5. The molecule has 1 aliphatic rings. The highest BCUT2D eigenvalue weighted by Crippen LogP contribution is 2.32. The van der Waals surface area contributed by atoms with Gasteiger partial charge in [-0.25, -0.2) is 0 Å². The molecule has 0 spiro atoms. The van der Waals surface area contributed by atoms with Gasteiger partial charge in [-0.3, -0.25) is 4.90 Å². The molecular formula is C18H24N2O. The van der Waals surface area contributed by atoms with Crippen LogP contribution in [0.5, 0.6) is 5.75 Å². The Balaban J connectivity index is 1.82. The smallest absolute Gasteiger partial charge is 0.131 e. The maximum Gasteiger partial charge on any atom is 0.131 e. The summed E-state index contributed by atoms with van der Waals surface area (Å²) in [5, 5.41) is 2.37. The van der Waals surface area contributed by atoms with Crippen molar-refractivity contribution in [3.63, 3.8) is 0 Å². The number of benzene rings is 2. The average molecular weight is 284 g/mol. The largest absolute Gasteiger partial charge is 0.491 e. The lowest BCUT2D eigenvalue weighted by Gasteiger charge is -2.19. The zero-order valence-electron chi connectivity index (χ0n) is 12.7. The number of nitrogens with two attached hydrogens (primary N) is 1. The standard InChI is InChI=1S/C18H24N2O/c1-14(19)16-9-8-15-6-2-3-7-17(15)18(16)21-13-12-20-10-4-5-11-20/h2-3,6-9,14H,4-5,10-13,19H2,1H3/t14-/m1/s1. The van der Waals surface area contributed by atoms with Gasteiger partial charge in [-0.05, 0) is 38.2 Å². The molecule has 1 fully saturated rings. The van der Waals surface area contributed by atoms with Gasteiger partial charge < -0.3 is 10.5 Å². The lowest BCUT2D eigenvalue weighted by Crippen LogP contribution is -2.25. The summed E-state index contributed by atoms with van der Waals surface area (Å²) in [6.07, 6.45) is 2.64. The van der Waals surface area contributed by atoms with Crippen molar-refractivity contribution in [2.24, 2.45) is 5.73 Å². The lowest BCUT2D eigenvalue weighted by molar-refractivity contribution is 0.237. The van der Waals surface area contributed by atoms with Crippen molar-refractivity contribution in [1.82, 2.24) is 4.90 Å². The third-order valence-corrected chi connectivity index (χ3v) is 4.25. The Morgan fingerprint density at radius 2 is 1.90 bits per heavy atom. The quantitative estimate of drug-likeness (QED) is 0.915. The van der Waals surface area contributed by atoms with Gasteiger partial charge in [-0.15, -0.1) is 0 Å². The van der Waals surface area contributed by atoms with Gasteiger partial charge in [0.1, 0.15) is 12.4 Å². The van der Waals surface area contributed by atoms with E-state index in [1.165, 1.54) is 31.3 Å². The highest BCUT2D eigenvalue weighted by Gasteiger charge is 2.14. The Bertz CT molecular complexity index is 603. The van der Waals surface area contributed by atoms with Crippen LogP contribution in [0.25, 0.3) is 10.8 Å².